The highest BCUT2D eigenvalue weighted by atomic mass is 35.5. The molecule has 2 aromatic rings. The van der Waals surface area contributed by atoms with E-state index in [0.717, 1.165) is 16.3 Å². The molecule has 0 amide bonds. The van der Waals surface area contributed by atoms with Crippen LogP contribution in [0, 0.1) is 5.82 Å². The molecular weight excluding hydrogens is 245 g/mol. The Kier molecular flexibility index (Phi) is 5.29. The van der Waals surface area contributed by atoms with Gasteiger partial charge in [-0.15, -0.1) is 24.2 Å². The molecule has 0 unspecified atom stereocenters. The molecule has 1 heterocycles. The van der Waals surface area contributed by atoms with E-state index in [0.29, 0.717) is 0 Å². The van der Waals surface area contributed by atoms with Crippen molar-refractivity contribution in [2.45, 2.75) is 10.6 Å². The highest BCUT2D eigenvalue weighted by Crippen LogP contribution is 2.21. The standard InChI is InChI=1S/C12H10FNS.ClH/c13-10-4-6-12(7-5-10)15-9-11-3-1-2-8-14-11;/h1-8H,9H2;1H. The van der Waals surface area contributed by atoms with E-state index in [-0.39, 0.29) is 18.2 Å². The van der Waals surface area contributed by atoms with Crippen LogP contribution in [0.25, 0.3) is 0 Å². The Morgan fingerprint density at radius 3 is 2.44 bits per heavy atom. The summed E-state index contributed by atoms with van der Waals surface area (Å²) in [7, 11) is 0. The number of pyridine rings is 1. The van der Waals surface area contributed by atoms with Crippen LogP contribution in [0.3, 0.4) is 0 Å². The Labute approximate surface area is 105 Å². The summed E-state index contributed by atoms with van der Waals surface area (Å²) < 4.78 is 12.6. The first-order chi connectivity index (χ1) is 7.34. The highest BCUT2D eigenvalue weighted by molar-refractivity contribution is 7.98. The molecule has 1 nitrogen and oxygen atoms in total. The van der Waals surface area contributed by atoms with Gasteiger partial charge in [-0.1, -0.05) is 6.07 Å². The van der Waals surface area contributed by atoms with Crippen molar-refractivity contribution in [3.8, 4) is 0 Å². The van der Waals surface area contributed by atoms with Crippen molar-refractivity contribution >= 4 is 24.2 Å². The third kappa shape index (κ3) is 3.83. The summed E-state index contributed by atoms with van der Waals surface area (Å²) in [5, 5.41) is 0. The van der Waals surface area contributed by atoms with Gasteiger partial charge in [-0.05, 0) is 36.4 Å². The van der Waals surface area contributed by atoms with Gasteiger partial charge in [0.05, 0.1) is 5.69 Å². The quantitative estimate of drug-likeness (QED) is 0.771. The fraction of sp³-hybridized carbons (Fsp3) is 0.0833. The summed E-state index contributed by atoms with van der Waals surface area (Å²) in [4.78, 5) is 5.27. The van der Waals surface area contributed by atoms with E-state index in [4.69, 9.17) is 0 Å². The molecule has 84 valence electrons. The molecule has 0 radical (unpaired) electrons. The minimum absolute atomic E-state index is 0. The van der Waals surface area contributed by atoms with Crippen LogP contribution in [0.15, 0.2) is 53.6 Å². The molecule has 1 aromatic heterocycles. The summed E-state index contributed by atoms with van der Waals surface area (Å²) in [6.07, 6.45) is 1.78. The van der Waals surface area contributed by atoms with Gasteiger partial charge in [0.15, 0.2) is 0 Å². The zero-order valence-corrected chi connectivity index (χ0v) is 10.1. The van der Waals surface area contributed by atoms with Crippen LogP contribution in [0.4, 0.5) is 4.39 Å². The fourth-order valence-corrected chi connectivity index (χ4v) is 1.99. The molecule has 2 rings (SSSR count). The zero-order chi connectivity index (χ0) is 10.5. The monoisotopic (exact) mass is 255 g/mol. The predicted octanol–water partition coefficient (Wildman–Crippen LogP) is 3.93. The maximum atomic E-state index is 12.6. The van der Waals surface area contributed by atoms with E-state index in [1.54, 1.807) is 30.1 Å². The minimum Gasteiger partial charge on any atom is -0.260 e. The SMILES string of the molecule is Cl.Fc1ccc(SCc2ccccn2)cc1. The minimum atomic E-state index is -0.197. The molecular formula is C12H11ClFNS. The lowest BCUT2D eigenvalue weighted by Gasteiger charge is -2.00. The Balaban J connectivity index is 0.00000128. The number of hydrogen-bond acceptors (Lipinski definition) is 2. The van der Waals surface area contributed by atoms with Gasteiger partial charge in [-0.3, -0.25) is 4.98 Å². The molecule has 0 saturated carbocycles. The molecule has 0 saturated heterocycles. The van der Waals surface area contributed by atoms with Crippen molar-refractivity contribution in [1.82, 2.24) is 4.98 Å². The van der Waals surface area contributed by atoms with E-state index in [2.05, 4.69) is 4.98 Å². The number of benzene rings is 1. The Bertz CT molecular complexity index is 419. The summed E-state index contributed by atoms with van der Waals surface area (Å²) >= 11 is 1.65. The largest absolute Gasteiger partial charge is 0.260 e. The van der Waals surface area contributed by atoms with Gasteiger partial charge in [-0.2, -0.15) is 0 Å². The molecule has 0 spiro atoms. The second-order valence-electron chi connectivity index (χ2n) is 3.06. The molecule has 0 N–H and O–H groups in total. The maximum absolute atomic E-state index is 12.6. The van der Waals surface area contributed by atoms with E-state index >= 15 is 0 Å². The average Bonchev–Trinajstić information content (AvgIpc) is 2.30. The topological polar surface area (TPSA) is 12.9 Å². The van der Waals surface area contributed by atoms with Crippen LogP contribution in [0.1, 0.15) is 5.69 Å². The molecule has 0 aliphatic rings. The van der Waals surface area contributed by atoms with Crippen LogP contribution in [0.2, 0.25) is 0 Å². The maximum Gasteiger partial charge on any atom is 0.123 e. The van der Waals surface area contributed by atoms with Gasteiger partial charge in [0.25, 0.3) is 0 Å². The molecule has 0 aliphatic heterocycles. The van der Waals surface area contributed by atoms with Gasteiger partial charge < -0.3 is 0 Å². The third-order valence-electron chi connectivity index (χ3n) is 1.93. The number of halogens is 2. The lowest BCUT2D eigenvalue weighted by Crippen LogP contribution is -1.84. The van der Waals surface area contributed by atoms with Crippen molar-refractivity contribution in [3.63, 3.8) is 0 Å². The van der Waals surface area contributed by atoms with Gasteiger partial charge >= 0.3 is 0 Å². The molecule has 0 fully saturated rings. The summed E-state index contributed by atoms with van der Waals surface area (Å²) in [5.41, 5.74) is 1.03. The van der Waals surface area contributed by atoms with E-state index in [9.17, 15) is 4.39 Å². The molecule has 0 aliphatic carbocycles. The summed E-state index contributed by atoms with van der Waals surface area (Å²) in [6, 6.07) is 12.4. The molecule has 0 atom stereocenters. The van der Waals surface area contributed by atoms with Gasteiger partial charge in [0, 0.05) is 16.8 Å². The average molecular weight is 256 g/mol. The second kappa shape index (κ2) is 6.51. The Morgan fingerprint density at radius 1 is 1.06 bits per heavy atom. The van der Waals surface area contributed by atoms with Gasteiger partial charge in [0.2, 0.25) is 0 Å². The van der Waals surface area contributed by atoms with Crippen molar-refractivity contribution < 1.29 is 4.39 Å². The van der Waals surface area contributed by atoms with E-state index in [1.165, 1.54) is 12.1 Å². The summed E-state index contributed by atoms with van der Waals surface area (Å²) in [5.74, 6) is 0.615. The molecule has 16 heavy (non-hydrogen) atoms. The lowest BCUT2D eigenvalue weighted by molar-refractivity contribution is 0.626. The first kappa shape index (κ1) is 13.0. The van der Waals surface area contributed by atoms with Crippen LogP contribution >= 0.6 is 24.2 Å². The number of aromatic nitrogens is 1. The molecule has 4 heteroatoms. The van der Waals surface area contributed by atoms with Crippen LogP contribution in [0.5, 0.6) is 0 Å². The first-order valence-electron chi connectivity index (χ1n) is 4.63. The normalized spacial score (nSPS) is 9.56. The fourth-order valence-electron chi connectivity index (χ4n) is 1.17. The van der Waals surface area contributed by atoms with Crippen LogP contribution < -0.4 is 0 Å². The second-order valence-corrected chi connectivity index (χ2v) is 4.11. The van der Waals surface area contributed by atoms with Crippen molar-refractivity contribution in [2.75, 3.05) is 0 Å². The zero-order valence-electron chi connectivity index (χ0n) is 8.47. The lowest BCUT2D eigenvalue weighted by atomic mass is 10.3. The third-order valence-corrected chi connectivity index (χ3v) is 2.97. The van der Waals surface area contributed by atoms with Crippen molar-refractivity contribution in [3.05, 3.63) is 60.2 Å². The Hall–Kier alpha value is -1.06. The number of hydrogen-bond donors (Lipinski definition) is 0. The van der Waals surface area contributed by atoms with Gasteiger partial charge in [0.1, 0.15) is 5.82 Å². The van der Waals surface area contributed by atoms with Gasteiger partial charge in [-0.25, -0.2) is 4.39 Å². The number of rotatable bonds is 3. The summed E-state index contributed by atoms with van der Waals surface area (Å²) in [6.45, 7) is 0. The smallest absolute Gasteiger partial charge is 0.123 e. The van der Waals surface area contributed by atoms with Crippen LogP contribution in [-0.4, -0.2) is 4.98 Å². The van der Waals surface area contributed by atoms with E-state index in [1.807, 2.05) is 18.2 Å². The van der Waals surface area contributed by atoms with E-state index < -0.39 is 0 Å². The number of nitrogens with zero attached hydrogens (tertiary/aromatic N) is 1. The highest BCUT2D eigenvalue weighted by Gasteiger charge is 1.96. The van der Waals surface area contributed by atoms with Crippen LogP contribution in [-0.2, 0) is 5.75 Å². The predicted molar refractivity (Wildman–Crippen MR) is 67.4 cm³/mol. The Morgan fingerprint density at radius 2 is 1.81 bits per heavy atom. The first-order valence-corrected chi connectivity index (χ1v) is 5.61. The molecule has 0 bridgehead atoms. The van der Waals surface area contributed by atoms with Crippen molar-refractivity contribution in [2.24, 2.45) is 0 Å². The van der Waals surface area contributed by atoms with Crippen molar-refractivity contribution in [1.29, 1.82) is 0 Å². The molecule has 1 aromatic carbocycles. The number of thioether (sulfide) groups is 1.